The smallest absolute Gasteiger partial charge is 0.238 e. The fraction of sp³-hybridized carbons (Fsp3) is 0.278. The van der Waals surface area contributed by atoms with Gasteiger partial charge in [-0.1, -0.05) is 24.3 Å². The van der Waals surface area contributed by atoms with Gasteiger partial charge in [0.05, 0.1) is 6.54 Å². The van der Waals surface area contributed by atoms with Crippen LogP contribution >= 0.6 is 0 Å². The molecule has 3 N–H and O–H groups in total. The Morgan fingerprint density at radius 3 is 2.43 bits per heavy atom. The SMILES string of the molecule is Nc1cccc(NC(=O)CN2CCN(c3ccccc3)CC2)c1. The number of amides is 1. The van der Waals surface area contributed by atoms with Gasteiger partial charge in [-0.05, 0) is 30.3 Å². The lowest BCUT2D eigenvalue weighted by Crippen LogP contribution is -2.48. The topological polar surface area (TPSA) is 61.6 Å². The minimum atomic E-state index is 0.00348. The van der Waals surface area contributed by atoms with Gasteiger partial charge in [-0.2, -0.15) is 0 Å². The van der Waals surface area contributed by atoms with Gasteiger partial charge in [-0.3, -0.25) is 9.69 Å². The Morgan fingerprint density at radius 1 is 1.00 bits per heavy atom. The molecule has 0 bridgehead atoms. The van der Waals surface area contributed by atoms with E-state index >= 15 is 0 Å². The molecule has 5 nitrogen and oxygen atoms in total. The van der Waals surface area contributed by atoms with Crippen LogP contribution in [0.5, 0.6) is 0 Å². The minimum Gasteiger partial charge on any atom is -0.399 e. The van der Waals surface area contributed by atoms with Crippen molar-refractivity contribution in [2.45, 2.75) is 0 Å². The summed E-state index contributed by atoms with van der Waals surface area (Å²) in [5, 5.41) is 2.90. The maximum atomic E-state index is 12.1. The third-order valence-corrected chi connectivity index (χ3v) is 4.03. The van der Waals surface area contributed by atoms with Crippen LogP contribution in [-0.4, -0.2) is 43.5 Å². The molecule has 0 unspecified atom stereocenters. The number of carbonyl (C=O) groups excluding carboxylic acids is 1. The van der Waals surface area contributed by atoms with Crippen LogP contribution in [0, 0.1) is 0 Å². The fourth-order valence-corrected chi connectivity index (χ4v) is 2.82. The van der Waals surface area contributed by atoms with Crippen molar-refractivity contribution in [2.24, 2.45) is 0 Å². The van der Waals surface area contributed by atoms with E-state index in [1.807, 2.05) is 18.2 Å². The number of hydrogen-bond donors (Lipinski definition) is 2. The molecule has 5 heteroatoms. The summed E-state index contributed by atoms with van der Waals surface area (Å²) in [4.78, 5) is 16.7. The normalized spacial score (nSPS) is 15.4. The highest BCUT2D eigenvalue weighted by Crippen LogP contribution is 2.16. The van der Waals surface area contributed by atoms with Crippen LogP contribution in [0.2, 0.25) is 0 Å². The van der Waals surface area contributed by atoms with Gasteiger partial charge in [0.2, 0.25) is 5.91 Å². The van der Waals surface area contributed by atoms with Gasteiger partial charge in [0.25, 0.3) is 0 Å². The average Bonchev–Trinajstić information content (AvgIpc) is 2.56. The Bertz CT molecular complexity index is 651. The molecule has 23 heavy (non-hydrogen) atoms. The second-order valence-corrected chi connectivity index (χ2v) is 5.77. The molecular weight excluding hydrogens is 288 g/mol. The highest BCUT2D eigenvalue weighted by molar-refractivity contribution is 5.92. The molecule has 0 atom stereocenters. The van der Waals surface area contributed by atoms with Crippen LogP contribution in [0.1, 0.15) is 0 Å². The van der Waals surface area contributed by atoms with E-state index in [2.05, 4.69) is 39.4 Å². The largest absolute Gasteiger partial charge is 0.399 e. The second kappa shape index (κ2) is 7.15. The van der Waals surface area contributed by atoms with E-state index in [4.69, 9.17) is 5.73 Å². The first-order chi connectivity index (χ1) is 11.2. The molecule has 0 saturated carbocycles. The van der Waals surface area contributed by atoms with E-state index in [0.717, 1.165) is 31.9 Å². The average molecular weight is 310 g/mol. The lowest BCUT2D eigenvalue weighted by Gasteiger charge is -2.35. The zero-order chi connectivity index (χ0) is 16.1. The molecular formula is C18H22N4O. The first kappa shape index (κ1) is 15.4. The molecule has 1 amide bonds. The van der Waals surface area contributed by atoms with E-state index in [1.165, 1.54) is 5.69 Å². The summed E-state index contributed by atoms with van der Waals surface area (Å²) < 4.78 is 0. The Hall–Kier alpha value is -2.53. The van der Waals surface area contributed by atoms with Crippen LogP contribution < -0.4 is 16.0 Å². The van der Waals surface area contributed by atoms with Crippen molar-refractivity contribution in [3.63, 3.8) is 0 Å². The van der Waals surface area contributed by atoms with Gasteiger partial charge in [-0.25, -0.2) is 0 Å². The number of anilines is 3. The van der Waals surface area contributed by atoms with Crippen molar-refractivity contribution in [3.8, 4) is 0 Å². The fourth-order valence-electron chi connectivity index (χ4n) is 2.82. The van der Waals surface area contributed by atoms with Crippen molar-refractivity contribution in [3.05, 3.63) is 54.6 Å². The molecule has 0 radical (unpaired) electrons. The number of para-hydroxylation sites is 1. The highest BCUT2D eigenvalue weighted by atomic mass is 16.2. The van der Waals surface area contributed by atoms with Gasteiger partial charge < -0.3 is 16.0 Å². The van der Waals surface area contributed by atoms with Gasteiger partial charge in [0.1, 0.15) is 0 Å². The summed E-state index contributed by atoms with van der Waals surface area (Å²) >= 11 is 0. The Kier molecular flexibility index (Phi) is 4.78. The third-order valence-electron chi connectivity index (χ3n) is 4.03. The number of piperazine rings is 1. The number of benzene rings is 2. The van der Waals surface area contributed by atoms with Crippen molar-refractivity contribution in [1.82, 2.24) is 4.90 Å². The Balaban J connectivity index is 1.48. The van der Waals surface area contributed by atoms with E-state index < -0.39 is 0 Å². The molecule has 0 spiro atoms. The van der Waals surface area contributed by atoms with E-state index in [9.17, 15) is 4.79 Å². The van der Waals surface area contributed by atoms with Crippen LogP contribution in [0.3, 0.4) is 0 Å². The van der Waals surface area contributed by atoms with Crippen LogP contribution in [0.4, 0.5) is 17.1 Å². The molecule has 0 aromatic heterocycles. The number of hydrogen-bond acceptors (Lipinski definition) is 4. The van der Waals surface area contributed by atoms with Crippen molar-refractivity contribution in [2.75, 3.05) is 48.7 Å². The van der Waals surface area contributed by atoms with E-state index in [1.54, 1.807) is 12.1 Å². The summed E-state index contributed by atoms with van der Waals surface area (Å²) in [6, 6.07) is 17.7. The van der Waals surface area contributed by atoms with Crippen molar-refractivity contribution < 1.29 is 4.79 Å². The molecule has 0 aliphatic carbocycles. The lowest BCUT2D eigenvalue weighted by molar-refractivity contribution is -0.117. The quantitative estimate of drug-likeness (QED) is 0.848. The predicted octanol–water partition coefficient (Wildman–Crippen LogP) is 2.03. The van der Waals surface area contributed by atoms with Crippen LogP contribution in [-0.2, 0) is 4.79 Å². The van der Waals surface area contributed by atoms with Gasteiger partial charge in [-0.15, -0.1) is 0 Å². The number of nitrogens with zero attached hydrogens (tertiary/aromatic N) is 2. The highest BCUT2D eigenvalue weighted by Gasteiger charge is 2.19. The Labute approximate surface area is 136 Å². The molecule has 1 aliphatic heterocycles. The molecule has 1 fully saturated rings. The zero-order valence-electron chi connectivity index (χ0n) is 13.1. The van der Waals surface area contributed by atoms with Gasteiger partial charge in [0, 0.05) is 43.2 Å². The van der Waals surface area contributed by atoms with Crippen LogP contribution in [0.25, 0.3) is 0 Å². The number of nitrogens with one attached hydrogen (secondary N) is 1. The maximum Gasteiger partial charge on any atom is 0.238 e. The van der Waals surface area contributed by atoms with Gasteiger partial charge in [0.15, 0.2) is 0 Å². The summed E-state index contributed by atoms with van der Waals surface area (Å²) in [6.45, 7) is 4.07. The minimum absolute atomic E-state index is 0.00348. The summed E-state index contributed by atoms with van der Waals surface area (Å²) in [6.07, 6.45) is 0. The monoisotopic (exact) mass is 310 g/mol. The molecule has 3 rings (SSSR count). The summed E-state index contributed by atoms with van der Waals surface area (Å²) in [5.74, 6) is 0.00348. The predicted molar refractivity (Wildman–Crippen MR) is 94.6 cm³/mol. The van der Waals surface area contributed by atoms with E-state index in [0.29, 0.717) is 12.2 Å². The Morgan fingerprint density at radius 2 is 1.74 bits per heavy atom. The summed E-state index contributed by atoms with van der Waals surface area (Å²) in [7, 11) is 0. The standard InChI is InChI=1S/C18H22N4O/c19-15-5-4-6-16(13-15)20-18(23)14-21-9-11-22(12-10-21)17-7-2-1-3-8-17/h1-8,13H,9-12,14,19H2,(H,20,23). The summed E-state index contributed by atoms with van der Waals surface area (Å²) in [5.41, 5.74) is 8.37. The molecule has 2 aromatic rings. The third kappa shape index (κ3) is 4.23. The first-order valence-corrected chi connectivity index (χ1v) is 7.88. The first-order valence-electron chi connectivity index (χ1n) is 7.88. The van der Waals surface area contributed by atoms with Crippen LogP contribution in [0.15, 0.2) is 54.6 Å². The number of rotatable bonds is 4. The molecule has 2 aromatic carbocycles. The van der Waals surface area contributed by atoms with E-state index in [-0.39, 0.29) is 5.91 Å². The number of nitrogens with two attached hydrogens (primary N) is 1. The second-order valence-electron chi connectivity index (χ2n) is 5.77. The molecule has 1 heterocycles. The van der Waals surface area contributed by atoms with Gasteiger partial charge >= 0.3 is 0 Å². The molecule has 120 valence electrons. The van der Waals surface area contributed by atoms with Crippen molar-refractivity contribution >= 4 is 23.0 Å². The lowest BCUT2D eigenvalue weighted by atomic mass is 10.2. The zero-order valence-corrected chi connectivity index (χ0v) is 13.1. The van der Waals surface area contributed by atoms with Crippen molar-refractivity contribution in [1.29, 1.82) is 0 Å². The number of nitrogen functional groups attached to an aromatic ring is 1. The number of carbonyl (C=O) groups is 1. The molecule has 1 aliphatic rings. The maximum absolute atomic E-state index is 12.1. The molecule has 1 saturated heterocycles.